The third-order valence-electron chi connectivity index (χ3n) is 5.36. The summed E-state index contributed by atoms with van der Waals surface area (Å²) in [4.78, 5) is 27.1. The molecule has 1 aliphatic heterocycles. The lowest BCUT2D eigenvalue weighted by Gasteiger charge is -2.16. The van der Waals surface area contributed by atoms with Crippen LogP contribution in [0.1, 0.15) is 29.7 Å². The molecule has 4 heterocycles. The molecule has 0 bridgehead atoms. The van der Waals surface area contributed by atoms with E-state index in [1.807, 2.05) is 24.3 Å². The van der Waals surface area contributed by atoms with Crippen molar-refractivity contribution in [2.45, 2.75) is 19.3 Å². The first-order valence-corrected chi connectivity index (χ1v) is 9.85. The summed E-state index contributed by atoms with van der Waals surface area (Å²) in [6, 6.07) is 7.71. The van der Waals surface area contributed by atoms with Gasteiger partial charge in [-0.25, -0.2) is 4.98 Å². The second-order valence-corrected chi connectivity index (χ2v) is 7.61. The van der Waals surface area contributed by atoms with E-state index in [1.54, 1.807) is 23.5 Å². The first-order valence-electron chi connectivity index (χ1n) is 9.48. The highest BCUT2D eigenvalue weighted by Crippen LogP contribution is 2.35. The van der Waals surface area contributed by atoms with Crippen molar-refractivity contribution in [1.29, 1.82) is 0 Å². The maximum Gasteiger partial charge on any atom is 0.227 e. The molecule has 6 nitrogen and oxygen atoms in total. The zero-order chi connectivity index (χ0) is 20.0. The fourth-order valence-electron chi connectivity index (χ4n) is 3.90. The molecule has 5 rings (SSSR count). The van der Waals surface area contributed by atoms with Crippen molar-refractivity contribution in [1.82, 2.24) is 15.0 Å². The van der Waals surface area contributed by atoms with Crippen molar-refractivity contribution >= 4 is 34.6 Å². The predicted octanol–water partition coefficient (Wildman–Crippen LogP) is 3.89. The molecule has 0 atom stereocenters. The van der Waals surface area contributed by atoms with Gasteiger partial charge in [0.15, 0.2) is 0 Å². The molecular formula is C22H18ClN5O. The Bertz CT molecular complexity index is 1160. The minimum atomic E-state index is 0.141. The minimum absolute atomic E-state index is 0.141. The van der Waals surface area contributed by atoms with E-state index < -0.39 is 0 Å². The van der Waals surface area contributed by atoms with Crippen LogP contribution in [0.15, 0.2) is 48.9 Å². The lowest BCUT2D eigenvalue weighted by atomic mass is 10.00. The van der Waals surface area contributed by atoms with Crippen LogP contribution >= 0.6 is 11.6 Å². The highest BCUT2D eigenvalue weighted by Gasteiger charge is 2.22. The number of rotatable bonds is 3. The Morgan fingerprint density at radius 2 is 1.93 bits per heavy atom. The van der Waals surface area contributed by atoms with Gasteiger partial charge in [-0.15, -0.1) is 0 Å². The quantitative estimate of drug-likeness (QED) is 0.717. The smallest absolute Gasteiger partial charge is 0.227 e. The Hall–Kier alpha value is -3.25. The Balaban J connectivity index is 1.50. The third-order valence-corrected chi connectivity index (χ3v) is 5.57. The first-order chi connectivity index (χ1) is 14.1. The van der Waals surface area contributed by atoms with Crippen molar-refractivity contribution in [3.8, 4) is 11.3 Å². The molecule has 0 unspecified atom stereocenters. The van der Waals surface area contributed by atoms with Crippen LogP contribution in [0.4, 0.5) is 11.5 Å². The SMILES string of the molecule is Nc1ncc(C2=CCc3ncc(Cl)cc32)cc1-c1ccc(N2CCCC2=O)cn1. The van der Waals surface area contributed by atoms with E-state index in [4.69, 9.17) is 17.3 Å². The number of amides is 1. The average molecular weight is 404 g/mol. The van der Waals surface area contributed by atoms with Crippen LogP contribution in [0.3, 0.4) is 0 Å². The predicted molar refractivity (Wildman–Crippen MR) is 113 cm³/mol. The zero-order valence-electron chi connectivity index (χ0n) is 15.6. The number of carbonyl (C=O) groups excluding carboxylic acids is 1. The molecule has 1 aliphatic carbocycles. The lowest BCUT2D eigenvalue weighted by Crippen LogP contribution is -2.23. The molecule has 144 valence electrons. The van der Waals surface area contributed by atoms with Gasteiger partial charge < -0.3 is 10.6 Å². The molecule has 0 saturated carbocycles. The summed E-state index contributed by atoms with van der Waals surface area (Å²) in [5.41, 5.74) is 12.4. The van der Waals surface area contributed by atoms with Crippen LogP contribution in [0.2, 0.25) is 5.02 Å². The highest BCUT2D eigenvalue weighted by atomic mass is 35.5. The molecule has 0 aromatic carbocycles. The van der Waals surface area contributed by atoms with Gasteiger partial charge in [-0.2, -0.15) is 0 Å². The highest BCUT2D eigenvalue weighted by molar-refractivity contribution is 6.30. The van der Waals surface area contributed by atoms with Crippen molar-refractivity contribution in [3.63, 3.8) is 0 Å². The minimum Gasteiger partial charge on any atom is -0.383 e. The molecule has 0 radical (unpaired) electrons. The van der Waals surface area contributed by atoms with Gasteiger partial charge in [-0.05, 0) is 36.3 Å². The van der Waals surface area contributed by atoms with Crippen LogP contribution in [0.5, 0.6) is 0 Å². The fraction of sp³-hybridized carbons (Fsp3) is 0.182. The summed E-state index contributed by atoms with van der Waals surface area (Å²) < 4.78 is 0. The lowest BCUT2D eigenvalue weighted by molar-refractivity contribution is -0.117. The fourth-order valence-corrected chi connectivity index (χ4v) is 4.06. The van der Waals surface area contributed by atoms with Gasteiger partial charge in [-0.3, -0.25) is 14.8 Å². The normalized spacial score (nSPS) is 15.6. The van der Waals surface area contributed by atoms with E-state index in [1.165, 1.54) is 0 Å². The third kappa shape index (κ3) is 3.15. The second kappa shape index (κ2) is 6.97. The number of nitrogen functional groups attached to an aromatic ring is 1. The molecular weight excluding hydrogens is 386 g/mol. The summed E-state index contributed by atoms with van der Waals surface area (Å²) in [5, 5.41) is 0.605. The van der Waals surface area contributed by atoms with Gasteiger partial charge in [0.05, 0.1) is 28.3 Å². The Kier molecular flexibility index (Phi) is 4.28. The summed E-state index contributed by atoms with van der Waals surface area (Å²) in [7, 11) is 0. The number of fused-ring (bicyclic) bond motifs is 1. The maximum atomic E-state index is 11.9. The van der Waals surface area contributed by atoms with E-state index >= 15 is 0 Å². The van der Waals surface area contributed by atoms with E-state index in [0.29, 0.717) is 17.3 Å². The van der Waals surface area contributed by atoms with Crippen LogP contribution in [-0.2, 0) is 11.2 Å². The second-order valence-electron chi connectivity index (χ2n) is 7.18. The van der Waals surface area contributed by atoms with E-state index in [-0.39, 0.29) is 5.91 Å². The topological polar surface area (TPSA) is 85.0 Å². The number of pyridine rings is 3. The van der Waals surface area contributed by atoms with Crippen molar-refractivity contribution in [2.24, 2.45) is 0 Å². The largest absolute Gasteiger partial charge is 0.383 e. The molecule has 3 aromatic rings. The van der Waals surface area contributed by atoms with Crippen LogP contribution < -0.4 is 10.6 Å². The molecule has 2 aliphatic rings. The maximum absolute atomic E-state index is 11.9. The van der Waals surface area contributed by atoms with Crippen molar-refractivity contribution in [2.75, 3.05) is 17.2 Å². The standard InChI is InChI=1S/C22H18ClN5O/c23-14-9-17-16(4-6-19(17)25-11-14)13-8-18(22(24)27-10-13)20-5-3-15(12-26-20)28-7-1-2-21(28)29/h3-5,8-12H,1-2,6-7H2,(H2,24,27). The van der Waals surface area contributed by atoms with Crippen molar-refractivity contribution < 1.29 is 4.79 Å². The van der Waals surface area contributed by atoms with Crippen LogP contribution in [0.25, 0.3) is 16.8 Å². The van der Waals surface area contributed by atoms with E-state index in [0.717, 1.165) is 58.7 Å². The molecule has 3 aromatic heterocycles. The molecule has 1 amide bonds. The molecule has 29 heavy (non-hydrogen) atoms. The Morgan fingerprint density at radius 3 is 2.69 bits per heavy atom. The van der Waals surface area contributed by atoms with Gasteiger partial charge in [0, 0.05) is 48.5 Å². The van der Waals surface area contributed by atoms with Crippen LogP contribution in [-0.4, -0.2) is 27.4 Å². The summed E-state index contributed by atoms with van der Waals surface area (Å²) in [6.45, 7) is 0.739. The number of halogens is 1. The summed E-state index contributed by atoms with van der Waals surface area (Å²) in [6.07, 6.45) is 9.51. The monoisotopic (exact) mass is 403 g/mol. The van der Waals surface area contributed by atoms with Crippen molar-refractivity contribution in [3.05, 3.63) is 70.8 Å². The zero-order valence-corrected chi connectivity index (χ0v) is 16.4. The number of anilines is 2. The van der Waals surface area contributed by atoms with Gasteiger partial charge in [0.1, 0.15) is 5.82 Å². The summed E-state index contributed by atoms with van der Waals surface area (Å²) in [5.74, 6) is 0.552. The van der Waals surface area contributed by atoms with Gasteiger partial charge in [-0.1, -0.05) is 17.7 Å². The number of aromatic nitrogens is 3. The number of carbonyl (C=O) groups is 1. The molecule has 7 heteroatoms. The Morgan fingerprint density at radius 1 is 1.03 bits per heavy atom. The number of nitrogens with zero attached hydrogens (tertiary/aromatic N) is 4. The number of hydrogen-bond donors (Lipinski definition) is 1. The van der Waals surface area contributed by atoms with Gasteiger partial charge in [0.25, 0.3) is 0 Å². The van der Waals surface area contributed by atoms with Gasteiger partial charge in [0.2, 0.25) is 5.91 Å². The number of allylic oxidation sites excluding steroid dienone is 1. The number of nitrogens with two attached hydrogens (primary N) is 1. The average Bonchev–Trinajstić information content (AvgIpc) is 3.34. The van der Waals surface area contributed by atoms with E-state index in [9.17, 15) is 4.79 Å². The summed E-state index contributed by atoms with van der Waals surface area (Å²) >= 11 is 6.14. The molecule has 1 fully saturated rings. The molecule has 1 saturated heterocycles. The van der Waals surface area contributed by atoms with Crippen LogP contribution in [0, 0.1) is 0 Å². The van der Waals surface area contributed by atoms with Gasteiger partial charge >= 0.3 is 0 Å². The number of hydrogen-bond acceptors (Lipinski definition) is 5. The first kappa shape index (κ1) is 17.8. The molecule has 2 N–H and O–H groups in total. The van der Waals surface area contributed by atoms with E-state index in [2.05, 4.69) is 21.0 Å². The Labute approximate surface area is 173 Å². The molecule has 0 spiro atoms.